The maximum absolute atomic E-state index is 11.6. The minimum absolute atomic E-state index is 0.338. The van der Waals surface area contributed by atoms with Gasteiger partial charge in [-0.25, -0.2) is 4.79 Å². The number of nitrogens with two attached hydrogens (primary N) is 1. The molecule has 2 heterocycles. The van der Waals surface area contributed by atoms with Crippen LogP contribution in [0, 0.1) is 6.92 Å². The van der Waals surface area contributed by atoms with Crippen molar-refractivity contribution in [3.05, 3.63) is 28.0 Å². The highest BCUT2D eigenvalue weighted by molar-refractivity contribution is 7.23. The average Bonchev–Trinajstić information content (AvgIpc) is 2.85. The van der Waals surface area contributed by atoms with Gasteiger partial charge in [-0.05, 0) is 32.0 Å². The number of esters is 1. The zero-order chi connectivity index (χ0) is 12.4. The molecule has 0 atom stereocenters. The summed E-state index contributed by atoms with van der Waals surface area (Å²) < 4.78 is 4.96. The Kier molecular flexibility index (Phi) is 3.49. The van der Waals surface area contributed by atoms with Gasteiger partial charge in [0, 0.05) is 14.6 Å². The van der Waals surface area contributed by atoms with Gasteiger partial charge in [-0.1, -0.05) is 0 Å². The predicted octanol–water partition coefficient (Wildman–Crippen LogP) is 3.54. The number of carbonyl (C=O) groups is 1. The predicted molar refractivity (Wildman–Crippen MR) is 72.7 cm³/mol. The molecule has 3 nitrogen and oxygen atoms in total. The lowest BCUT2D eigenvalue weighted by Gasteiger charge is -1.98. The number of nitrogen functional groups attached to an aromatic ring is 1. The van der Waals surface area contributed by atoms with Crippen LogP contribution in [-0.4, -0.2) is 12.6 Å². The smallest absolute Gasteiger partial charge is 0.350 e. The second kappa shape index (κ2) is 4.89. The van der Waals surface area contributed by atoms with Gasteiger partial charge in [-0.3, -0.25) is 0 Å². The van der Waals surface area contributed by atoms with E-state index >= 15 is 0 Å². The molecule has 0 aliphatic rings. The van der Waals surface area contributed by atoms with Crippen molar-refractivity contribution in [2.45, 2.75) is 13.8 Å². The molecule has 90 valence electrons. The SMILES string of the molecule is CCOC(=O)c1sc(-c2ccc(C)s2)cc1N. The van der Waals surface area contributed by atoms with E-state index in [1.54, 1.807) is 18.3 Å². The number of ether oxygens (including phenoxy) is 1. The number of carbonyl (C=O) groups excluding carboxylic acids is 1. The fourth-order valence-electron chi connectivity index (χ4n) is 1.45. The molecular weight excluding hydrogens is 254 g/mol. The maximum atomic E-state index is 11.6. The van der Waals surface area contributed by atoms with Crippen molar-refractivity contribution in [3.8, 4) is 9.75 Å². The van der Waals surface area contributed by atoms with E-state index in [4.69, 9.17) is 10.5 Å². The minimum atomic E-state index is -0.338. The van der Waals surface area contributed by atoms with Gasteiger partial charge in [0.15, 0.2) is 0 Å². The Morgan fingerprint density at radius 1 is 1.35 bits per heavy atom. The van der Waals surface area contributed by atoms with E-state index in [0.717, 1.165) is 9.75 Å². The van der Waals surface area contributed by atoms with E-state index in [2.05, 4.69) is 13.0 Å². The number of hydrogen-bond donors (Lipinski definition) is 1. The third-order valence-electron chi connectivity index (χ3n) is 2.20. The first-order chi connectivity index (χ1) is 8.11. The molecule has 0 unspecified atom stereocenters. The normalized spacial score (nSPS) is 10.5. The molecule has 2 N–H and O–H groups in total. The van der Waals surface area contributed by atoms with Crippen molar-refractivity contribution in [2.75, 3.05) is 12.3 Å². The van der Waals surface area contributed by atoms with Crippen LogP contribution in [0.2, 0.25) is 0 Å². The minimum Gasteiger partial charge on any atom is -0.462 e. The van der Waals surface area contributed by atoms with E-state index in [1.807, 2.05) is 12.1 Å². The molecule has 2 aromatic rings. The van der Waals surface area contributed by atoms with Gasteiger partial charge < -0.3 is 10.5 Å². The number of thiophene rings is 2. The van der Waals surface area contributed by atoms with E-state index in [-0.39, 0.29) is 5.97 Å². The average molecular weight is 267 g/mol. The van der Waals surface area contributed by atoms with Crippen LogP contribution in [0.15, 0.2) is 18.2 Å². The van der Waals surface area contributed by atoms with Crippen molar-refractivity contribution in [3.63, 3.8) is 0 Å². The Morgan fingerprint density at radius 2 is 2.12 bits per heavy atom. The van der Waals surface area contributed by atoms with E-state index in [9.17, 15) is 4.79 Å². The van der Waals surface area contributed by atoms with Crippen LogP contribution in [0.5, 0.6) is 0 Å². The summed E-state index contributed by atoms with van der Waals surface area (Å²) in [5.74, 6) is -0.338. The molecule has 0 radical (unpaired) electrons. The van der Waals surface area contributed by atoms with Crippen LogP contribution in [0.3, 0.4) is 0 Å². The van der Waals surface area contributed by atoms with Crippen molar-refractivity contribution >= 4 is 34.3 Å². The van der Waals surface area contributed by atoms with Crippen molar-refractivity contribution in [2.24, 2.45) is 0 Å². The molecule has 0 spiro atoms. The number of anilines is 1. The summed E-state index contributed by atoms with van der Waals surface area (Å²) >= 11 is 3.08. The second-order valence-electron chi connectivity index (χ2n) is 3.53. The van der Waals surface area contributed by atoms with E-state index < -0.39 is 0 Å². The zero-order valence-corrected chi connectivity index (χ0v) is 11.3. The molecule has 17 heavy (non-hydrogen) atoms. The van der Waals surface area contributed by atoms with Gasteiger partial charge in [0.1, 0.15) is 4.88 Å². The van der Waals surface area contributed by atoms with Crippen LogP contribution in [0.1, 0.15) is 21.5 Å². The van der Waals surface area contributed by atoms with E-state index in [1.165, 1.54) is 16.2 Å². The molecule has 0 fully saturated rings. The lowest BCUT2D eigenvalue weighted by molar-refractivity contribution is 0.0533. The van der Waals surface area contributed by atoms with Gasteiger partial charge in [0.2, 0.25) is 0 Å². The monoisotopic (exact) mass is 267 g/mol. The number of aryl methyl sites for hydroxylation is 1. The molecule has 0 aromatic carbocycles. The fourth-order valence-corrected chi connectivity index (χ4v) is 3.37. The van der Waals surface area contributed by atoms with Crippen LogP contribution >= 0.6 is 22.7 Å². The van der Waals surface area contributed by atoms with Gasteiger partial charge in [-0.2, -0.15) is 0 Å². The van der Waals surface area contributed by atoms with Crippen molar-refractivity contribution in [1.82, 2.24) is 0 Å². The first-order valence-corrected chi connectivity index (χ1v) is 6.88. The molecule has 0 aliphatic carbocycles. The first kappa shape index (κ1) is 12.1. The van der Waals surface area contributed by atoms with Crippen LogP contribution < -0.4 is 5.73 Å². The third-order valence-corrected chi connectivity index (χ3v) is 4.53. The molecule has 2 aromatic heterocycles. The summed E-state index contributed by atoms with van der Waals surface area (Å²) in [5, 5.41) is 0. The summed E-state index contributed by atoms with van der Waals surface area (Å²) in [6.45, 7) is 4.20. The van der Waals surface area contributed by atoms with Crippen molar-refractivity contribution < 1.29 is 9.53 Å². The zero-order valence-electron chi connectivity index (χ0n) is 9.65. The molecule has 2 rings (SSSR count). The summed E-state index contributed by atoms with van der Waals surface area (Å²) in [6.07, 6.45) is 0. The molecule has 5 heteroatoms. The molecule has 0 aliphatic heterocycles. The highest BCUT2D eigenvalue weighted by atomic mass is 32.1. The Morgan fingerprint density at radius 3 is 2.71 bits per heavy atom. The lowest BCUT2D eigenvalue weighted by atomic mass is 10.3. The Bertz CT molecular complexity index is 542. The Labute approximate surface area is 108 Å². The molecule has 0 saturated heterocycles. The maximum Gasteiger partial charge on any atom is 0.350 e. The molecular formula is C12H13NO2S2. The third kappa shape index (κ3) is 2.50. The van der Waals surface area contributed by atoms with Crippen molar-refractivity contribution in [1.29, 1.82) is 0 Å². The summed E-state index contributed by atoms with van der Waals surface area (Å²) in [4.78, 5) is 15.5. The van der Waals surface area contributed by atoms with E-state index in [0.29, 0.717) is 17.2 Å². The number of rotatable bonds is 3. The van der Waals surface area contributed by atoms with Gasteiger partial charge >= 0.3 is 5.97 Å². The fraction of sp³-hybridized carbons (Fsp3) is 0.250. The van der Waals surface area contributed by atoms with Gasteiger partial charge in [-0.15, -0.1) is 22.7 Å². The van der Waals surface area contributed by atoms with Crippen LogP contribution in [0.25, 0.3) is 9.75 Å². The first-order valence-electron chi connectivity index (χ1n) is 5.25. The molecule has 0 saturated carbocycles. The van der Waals surface area contributed by atoms with Gasteiger partial charge in [0.25, 0.3) is 0 Å². The quantitative estimate of drug-likeness (QED) is 0.865. The summed E-state index contributed by atoms with van der Waals surface area (Å²) in [5.41, 5.74) is 6.33. The largest absolute Gasteiger partial charge is 0.462 e. The Balaban J connectivity index is 2.33. The lowest BCUT2D eigenvalue weighted by Crippen LogP contribution is -2.04. The highest BCUT2D eigenvalue weighted by Crippen LogP contribution is 2.37. The topological polar surface area (TPSA) is 52.3 Å². The second-order valence-corrected chi connectivity index (χ2v) is 5.87. The van der Waals surface area contributed by atoms with Crippen LogP contribution in [0.4, 0.5) is 5.69 Å². The summed E-state index contributed by atoms with van der Waals surface area (Å²) in [6, 6.07) is 5.93. The highest BCUT2D eigenvalue weighted by Gasteiger charge is 2.16. The standard InChI is InChI=1S/C12H13NO2S2/c1-3-15-12(14)11-8(13)6-10(17-11)9-5-4-7(2)16-9/h4-6H,3,13H2,1-2H3. The number of hydrogen-bond acceptors (Lipinski definition) is 5. The molecule has 0 bridgehead atoms. The Hall–Kier alpha value is -1.33. The molecule has 0 amide bonds. The van der Waals surface area contributed by atoms with Crippen LogP contribution in [-0.2, 0) is 4.74 Å². The van der Waals surface area contributed by atoms with Gasteiger partial charge in [0.05, 0.1) is 12.3 Å². The summed E-state index contributed by atoms with van der Waals surface area (Å²) in [7, 11) is 0.